The Hall–Kier alpha value is -2.04. The van der Waals surface area contributed by atoms with Gasteiger partial charge in [-0.1, -0.05) is 18.2 Å². The molecule has 0 aliphatic carbocycles. The van der Waals surface area contributed by atoms with Crippen LogP contribution in [0.15, 0.2) is 24.3 Å². The summed E-state index contributed by atoms with van der Waals surface area (Å²) in [6.07, 6.45) is 0. The summed E-state index contributed by atoms with van der Waals surface area (Å²) < 4.78 is 4.58. The first kappa shape index (κ1) is 11.4. The SMILES string of the molecule is COC(=O)CN1C(=O)Nc2ccccc2C1C. The molecule has 0 radical (unpaired) electrons. The van der Waals surface area contributed by atoms with Crippen molar-refractivity contribution in [2.24, 2.45) is 0 Å². The number of methoxy groups -OCH3 is 1. The molecule has 1 heterocycles. The Morgan fingerprint density at radius 3 is 2.88 bits per heavy atom. The normalized spacial score (nSPS) is 18.4. The number of carbonyl (C=O) groups is 2. The van der Waals surface area contributed by atoms with E-state index in [9.17, 15) is 9.59 Å². The molecule has 2 rings (SSSR count). The largest absolute Gasteiger partial charge is 0.468 e. The van der Waals surface area contributed by atoms with Gasteiger partial charge in [0.05, 0.1) is 13.2 Å². The number of nitrogens with zero attached hydrogens (tertiary/aromatic N) is 1. The Bertz CT molecular complexity index is 459. The van der Waals surface area contributed by atoms with Crippen LogP contribution in [0, 0.1) is 0 Å². The molecular weight excluding hydrogens is 220 g/mol. The van der Waals surface area contributed by atoms with E-state index in [2.05, 4.69) is 10.1 Å². The first-order valence-electron chi connectivity index (χ1n) is 5.37. The summed E-state index contributed by atoms with van der Waals surface area (Å²) in [5, 5.41) is 2.75. The predicted octanol–water partition coefficient (Wildman–Crippen LogP) is 1.77. The number of hydrogen-bond acceptors (Lipinski definition) is 3. The molecule has 0 saturated heterocycles. The van der Waals surface area contributed by atoms with Crippen molar-refractivity contribution in [3.05, 3.63) is 29.8 Å². The third-order valence-electron chi connectivity index (χ3n) is 2.91. The second-order valence-corrected chi connectivity index (χ2v) is 3.90. The monoisotopic (exact) mass is 234 g/mol. The predicted molar refractivity (Wildman–Crippen MR) is 62.6 cm³/mol. The van der Waals surface area contributed by atoms with Crippen molar-refractivity contribution in [3.63, 3.8) is 0 Å². The summed E-state index contributed by atoms with van der Waals surface area (Å²) >= 11 is 0. The number of esters is 1. The van der Waals surface area contributed by atoms with Crippen LogP contribution in [0.2, 0.25) is 0 Å². The van der Waals surface area contributed by atoms with Crippen LogP contribution in [-0.2, 0) is 9.53 Å². The van der Waals surface area contributed by atoms with Crippen molar-refractivity contribution >= 4 is 17.7 Å². The van der Waals surface area contributed by atoms with Crippen molar-refractivity contribution in [3.8, 4) is 0 Å². The van der Waals surface area contributed by atoms with E-state index in [1.807, 2.05) is 31.2 Å². The third kappa shape index (κ3) is 2.08. The number of carbonyl (C=O) groups excluding carboxylic acids is 2. The van der Waals surface area contributed by atoms with Gasteiger partial charge in [0.15, 0.2) is 0 Å². The minimum atomic E-state index is -0.425. The molecule has 90 valence electrons. The van der Waals surface area contributed by atoms with Crippen LogP contribution in [0.3, 0.4) is 0 Å². The fourth-order valence-corrected chi connectivity index (χ4v) is 1.92. The van der Waals surface area contributed by atoms with Gasteiger partial charge in [0.1, 0.15) is 6.54 Å². The van der Waals surface area contributed by atoms with Crippen LogP contribution in [0.4, 0.5) is 10.5 Å². The van der Waals surface area contributed by atoms with Crippen molar-refractivity contribution < 1.29 is 14.3 Å². The van der Waals surface area contributed by atoms with E-state index >= 15 is 0 Å². The lowest BCUT2D eigenvalue weighted by Crippen LogP contribution is -2.44. The van der Waals surface area contributed by atoms with Crippen molar-refractivity contribution in [2.45, 2.75) is 13.0 Å². The van der Waals surface area contributed by atoms with Gasteiger partial charge in [0.2, 0.25) is 0 Å². The highest BCUT2D eigenvalue weighted by atomic mass is 16.5. The molecule has 0 bridgehead atoms. The van der Waals surface area contributed by atoms with Gasteiger partial charge in [-0.25, -0.2) is 4.79 Å². The van der Waals surface area contributed by atoms with Crippen molar-refractivity contribution in [1.82, 2.24) is 4.90 Å². The average Bonchev–Trinajstić information content (AvgIpc) is 2.34. The van der Waals surface area contributed by atoms with E-state index in [0.717, 1.165) is 11.3 Å². The molecule has 0 spiro atoms. The molecule has 1 aromatic rings. The average molecular weight is 234 g/mol. The van der Waals surface area contributed by atoms with E-state index in [0.29, 0.717) is 0 Å². The number of anilines is 1. The van der Waals surface area contributed by atoms with Crippen molar-refractivity contribution in [1.29, 1.82) is 0 Å². The van der Waals surface area contributed by atoms with E-state index < -0.39 is 5.97 Å². The maximum atomic E-state index is 11.8. The lowest BCUT2D eigenvalue weighted by Gasteiger charge is -2.34. The van der Waals surface area contributed by atoms with Gasteiger partial charge < -0.3 is 15.0 Å². The summed E-state index contributed by atoms with van der Waals surface area (Å²) in [5.41, 5.74) is 1.79. The Labute approximate surface area is 99.4 Å². The van der Waals surface area contributed by atoms with Gasteiger partial charge in [0, 0.05) is 5.69 Å². The number of fused-ring (bicyclic) bond motifs is 1. The van der Waals surface area contributed by atoms with Gasteiger partial charge in [-0.3, -0.25) is 4.79 Å². The Morgan fingerprint density at radius 1 is 1.47 bits per heavy atom. The first-order chi connectivity index (χ1) is 8.13. The number of rotatable bonds is 2. The highest BCUT2D eigenvalue weighted by Crippen LogP contribution is 2.31. The molecular formula is C12H14N2O3. The molecule has 2 amide bonds. The number of ether oxygens (including phenoxy) is 1. The van der Waals surface area contributed by atoms with Gasteiger partial charge in [-0.15, -0.1) is 0 Å². The number of urea groups is 1. The molecule has 1 unspecified atom stereocenters. The molecule has 1 aliphatic rings. The highest BCUT2D eigenvalue weighted by Gasteiger charge is 2.30. The minimum absolute atomic E-state index is 0.0438. The molecule has 0 saturated carbocycles. The summed E-state index contributed by atoms with van der Waals surface area (Å²) in [6, 6.07) is 7.13. The number of benzene rings is 1. The fourth-order valence-electron chi connectivity index (χ4n) is 1.92. The molecule has 0 fully saturated rings. The fraction of sp³-hybridized carbons (Fsp3) is 0.333. The van der Waals surface area contributed by atoms with Gasteiger partial charge in [-0.05, 0) is 18.6 Å². The van der Waals surface area contributed by atoms with Gasteiger partial charge >= 0.3 is 12.0 Å². The second kappa shape index (κ2) is 4.45. The zero-order chi connectivity index (χ0) is 12.4. The maximum absolute atomic E-state index is 11.8. The van der Waals surface area contributed by atoms with Crippen LogP contribution < -0.4 is 5.32 Å². The summed E-state index contributed by atoms with van der Waals surface area (Å²) in [5.74, 6) is -0.425. The Kier molecular flexibility index (Phi) is 2.99. The zero-order valence-electron chi connectivity index (χ0n) is 9.77. The summed E-state index contributed by atoms with van der Waals surface area (Å²) in [6.45, 7) is 1.85. The van der Waals surface area contributed by atoms with Crippen molar-refractivity contribution in [2.75, 3.05) is 19.0 Å². The molecule has 1 atom stereocenters. The molecule has 1 N–H and O–H groups in total. The van der Waals surface area contributed by atoms with Crippen LogP contribution in [0.1, 0.15) is 18.5 Å². The molecule has 5 nitrogen and oxygen atoms in total. The smallest absolute Gasteiger partial charge is 0.325 e. The van der Waals surface area contributed by atoms with Crippen LogP contribution in [0.25, 0.3) is 0 Å². The van der Waals surface area contributed by atoms with Gasteiger partial charge in [0.25, 0.3) is 0 Å². The zero-order valence-corrected chi connectivity index (χ0v) is 9.77. The van der Waals surface area contributed by atoms with Crippen LogP contribution in [-0.4, -0.2) is 30.6 Å². The summed E-state index contributed by atoms with van der Waals surface area (Å²) in [4.78, 5) is 24.5. The van der Waals surface area contributed by atoms with E-state index in [1.165, 1.54) is 12.0 Å². The standard InChI is InChI=1S/C12H14N2O3/c1-8-9-5-3-4-6-10(9)13-12(16)14(8)7-11(15)17-2/h3-6,8H,7H2,1-2H3,(H,13,16). The lowest BCUT2D eigenvalue weighted by atomic mass is 10.0. The molecule has 17 heavy (non-hydrogen) atoms. The number of nitrogens with one attached hydrogen (secondary N) is 1. The molecule has 5 heteroatoms. The quantitative estimate of drug-likeness (QED) is 0.793. The molecule has 1 aliphatic heterocycles. The van der Waals surface area contributed by atoms with E-state index in [1.54, 1.807) is 0 Å². The number of hydrogen-bond donors (Lipinski definition) is 1. The maximum Gasteiger partial charge on any atom is 0.325 e. The Balaban J connectivity index is 2.27. The lowest BCUT2D eigenvalue weighted by molar-refractivity contribution is -0.141. The second-order valence-electron chi connectivity index (χ2n) is 3.90. The number of amides is 2. The topological polar surface area (TPSA) is 58.6 Å². The van der Waals surface area contributed by atoms with Crippen LogP contribution in [0.5, 0.6) is 0 Å². The molecule has 0 aromatic heterocycles. The van der Waals surface area contributed by atoms with E-state index in [4.69, 9.17) is 0 Å². The first-order valence-corrected chi connectivity index (χ1v) is 5.37. The minimum Gasteiger partial charge on any atom is -0.468 e. The van der Waals surface area contributed by atoms with Crippen LogP contribution >= 0.6 is 0 Å². The van der Waals surface area contributed by atoms with Gasteiger partial charge in [-0.2, -0.15) is 0 Å². The molecule has 1 aromatic carbocycles. The Morgan fingerprint density at radius 2 is 2.18 bits per heavy atom. The highest BCUT2D eigenvalue weighted by molar-refractivity contribution is 5.94. The number of para-hydroxylation sites is 1. The summed E-state index contributed by atoms with van der Waals surface area (Å²) in [7, 11) is 1.31. The third-order valence-corrected chi connectivity index (χ3v) is 2.91. The van der Waals surface area contributed by atoms with E-state index in [-0.39, 0.29) is 18.6 Å².